The van der Waals surface area contributed by atoms with Crippen molar-refractivity contribution in [3.05, 3.63) is 90.0 Å². The average molecular weight is 475 g/mol. The first kappa shape index (κ1) is 26.0. The Morgan fingerprint density at radius 3 is 1.77 bits per heavy atom. The molecular weight excluding hydrogens is 440 g/mol. The van der Waals surface area contributed by atoms with Crippen molar-refractivity contribution >= 4 is 11.9 Å². The molecule has 0 aliphatic rings. The van der Waals surface area contributed by atoms with Gasteiger partial charge in [-0.25, -0.2) is 9.59 Å². The summed E-state index contributed by atoms with van der Waals surface area (Å²) < 4.78 is 16.9. The van der Waals surface area contributed by atoms with Gasteiger partial charge in [0, 0.05) is 0 Å². The summed E-state index contributed by atoms with van der Waals surface area (Å²) in [6, 6.07) is 22.4. The molecule has 5 nitrogen and oxygen atoms in total. The SMILES string of the molecule is CCCCCCCCCCOc1cc(C(=O)Oc2ccccc2)ccc1C(=O)Oc1ccccc1. The van der Waals surface area contributed by atoms with Crippen LogP contribution in [0.25, 0.3) is 0 Å². The van der Waals surface area contributed by atoms with Gasteiger partial charge in [0.25, 0.3) is 0 Å². The third-order valence-electron chi connectivity index (χ3n) is 5.60. The van der Waals surface area contributed by atoms with Crippen LogP contribution in [0.4, 0.5) is 0 Å². The lowest BCUT2D eigenvalue weighted by Crippen LogP contribution is -2.14. The molecule has 0 aliphatic carbocycles. The molecule has 0 heterocycles. The second-order valence-corrected chi connectivity index (χ2v) is 8.44. The fourth-order valence-electron chi connectivity index (χ4n) is 3.66. The highest BCUT2D eigenvalue weighted by Gasteiger charge is 2.19. The summed E-state index contributed by atoms with van der Waals surface area (Å²) in [4.78, 5) is 25.5. The lowest BCUT2D eigenvalue weighted by atomic mass is 10.1. The van der Waals surface area contributed by atoms with Crippen molar-refractivity contribution < 1.29 is 23.8 Å². The first-order valence-electron chi connectivity index (χ1n) is 12.5. The van der Waals surface area contributed by atoms with Crippen LogP contribution in [0.2, 0.25) is 0 Å². The lowest BCUT2D eigenvalue weighted by molar-refractivity contribution is 0.0716. The van der Waals surface area contributed by atoms with Gasteiger partial charge in [0.05, 0.1) is 12.2 Å². The van der Waals surface area contributed by atoms with E-state index in [1.54, 1.807) is 66.7 Å². The summed E-state index contributed by atoms with van der Waals surface area (Å²) in [6.07, 6.45) is 9.45. The van der Waals surface area contributed by atoms with Crippen molar-refractivity contribution in [2.24, 2.45) is 0 Å². The normalized spacial score (nSPS) is 10.5. The molecule has 0 fully saturated rings. The van der Waals surface area contributed by atoms with E-state index >= 15 is 0 Å². The second-order valence-electron chi connectivity index (χ2n) is 8.44. The molecule has 0 atom stereocenters. The van der Waals surface area contributed by atoms with Gasteiger partial charge in [-0.1, -0.05) is 88.3 Å². The number of carbonyl (C=O) groups excluding carboxylic acids is 2. The summed E-state index contributed by atoms with van der Waals surface area (Å²) in [7, 11) is 0. The van der Waals surface area contributed by atoms with Crippen molar-refractivity contribution in [2.45, 2.75) is 58.3 Å². The van der Waals surface area contributed by atoms with Gasteiger partial charge in [0.15, 0.2) is 0 Å². The van der Waals surface area contributed by atoms with Gasteiger partial charge in [0.1, 0.15) is 22.8 Å². The maximum absolute atomic E-state index is 12.8. The van der Waals surface area contributed by atoms with Crippen LogP contribution in [0, 0.1) is 0 Å². The van der Waals surface area contributed by atoms with E-state index in [1.165, 1.54) is 38.5 Å². The molecule has 0 aromatic heterocycles. The van der Waals surface area contributed by atoms with E-state index in [4.69, 9.17) is 14.2 Å². The highest BCUT2D eigenvalue weighted by atomic mass is 16.5. The van der Waals surface area contributed by atoms with E-state index < -0.39 is 11.9 Å². The topological polar surface area (TPSA) is 61.8 Å². The molecule has 5 heteroatoms. The van der Waals surface area contributed by atoms with Gasteiger partial charge in [-0.05, 0) is 48.9 Å². The molecule has 0 amide bonds. The lowest BCUT2D eigenvalue weighted by Gasteiger charge is -2.13. The van der Waals surface area contributed by atoms with Crippen LogP contribution in [-0.4, -0.2) is 18.5 Å². The van der Waals surface area contributed by atoms with E-state index in [1.807, 2.05) is 12.1 Å². The van der Waals surface area contributed by atoms with Crippen molar-refractivity contribution in [3.63, 3.8) is 0 Å². The fraction of sp³-hybridized carbons (Fsp3) is 0.333. The molecule has 3 aromatic carbocycles. The predicted molar refractivity (Wildman–Crippen MR) is 137 cm³/mol. The Hall–Kier alpha value is -3.60. The Bertz CT molecular complexity index is 1050. The minimum atomic E-state index is -0.537. The molecule has 0 spiro atoms. The van der Waals surface area contributed by atoms with Gasteiger partial charge < -0.3 is 14.2 Å². The van der Waals surface area contributed by atoms with Crippen molar-refractivity contribution in [3.8, 4) is 17.2 Å². The van der Waals surface area contributed by atoms with E-state index in [0.29, 0.717) is 29.4 Å². The highest BCUT2D eigenvalue weighted by molar-refractivity contribution is 5.97. The number of hydrogen-bond acceptors (Lipinski definition) is 5. The van der Waals surface area contributed by atoms with Crippen LogP contribution >= 0.6 is 0 Å². The first-order valence-corrected chi connectivity index (χ1v) is 12.5. The number of esters is 2. The fourth-order valence-corrected chi connectivity index (χ4v) is 3.66. The molecular formula is C30H34O5. The van der Waals surface area contributed by atoms with Crippen molar-refractivity contribution in [1.82, 2.24) is 0 Å². The van der Waals surface area contributed by atoms with Crippen LogP contribution in [-0.2, 0) is 0 Å². The smallest absolute Gasteiger partial charge is 0.347 e. The molecule has 0 N–H and O–H groups in total. The minimum absolute atomic E-state index is 0.268. The van der Waals surface area contributed by atoms with Crippen molar-refractivity contribution in [2.75, 3.05) is 6.61 Å². The maximum atomic E-state index is 12.8. The molecule has 0 saturated carbocycles. The van der Waals surface area contributed by atoms with E-state index in [9.17, 15) is 9.59 Å². The van der Waals surface area contributed by atoms with Crippen molar-refractivity contribution in [1.29, 1.82) is 0 Å². The molecule has 3 rings (SSSR count). The largest absolute Gasteiger partial charge is 0.493 e. The van der Waals surface area contributed by atoms with Crippen LogP contribution in [0.1, 0.15) is 79.0 Å². The Morgan fingerprint density at radius 1 is 0.629 bits per heavy atom. The summed E-state index contributed by atoms with van der Waals surface area (Å²) >= 11 is 0. The van der Waals surface area contributed by atoms with E-state index in [2.05, 4.69) is 6.92 Å². The molecule has 0 radical (unpaired) electrons. The van der Waals surface area contributed by atoms with Gasteiger partial charge in [0.2, 0.25) is 0 Å². The zero-order valence-electron chi connectivity index (χ0n) is 20.4. The summed E-state index contributed by atoms with van der Waals surface area (Å²) in [6.45, 7) is 2.68. The monoisotopic (exact) mass is 474 g/mol. The number of rotatable bonds is 14. The van der Waals surface area contributed by atoms with Gasteiger partial charge >= 0.3 is 11.9 Å². The van der Waals surface area contributed by atoms with Crippen LogP contribution in [0.5, 0.6) is 17.2 Å². The number of hydrogen-bond donors (Lipinski definition) is 0. The number of carbonyl (C=O) groups is 2. The molecule has 0 aliphatic heterocycles. The Morgan fingerprint density at radius 2 is 1.17 bits per heavy atom. The molecule has 0 saturated heterocycles. The third kappa shape index (κ3) is 8.93. The highest BCUT2D eigenvalue weighted by Crippen LogP contribution is 2.25. The second kappa shape index (κ2) is 14.6. The number of benzene rings is 3. The quantitative estimate of drug-likeness (QED) is 0.136. The first-order chi connectivity index (χ1) is 17.2. The van der Waals surface area contributed by atoms with Gasteiger partial charge in [-0.2, -0.15) is 0 Å². The Kier molecular flexibility index (Phi) is 10.9. The summed E-state index contributed by atoms with van der Waals surface area (Å²) in [5.41, 5.74) is 0.570. The van der Waals surface area contributed by atoms with Crippen LogP contribution < -0.4 is 14.2 Å². The summed E-state index contributed by atoms with van der Waals surface area (Å²) in [5.74, 6) is 0.156. The number of ether oxygens (including phenoxy) is 3. The molecule has 184 valence electrons. The third-order valence-corrected chi connectivity index (χ3v) is 5.60. The Labute approximate surface area is 208 Å². The average Bonchev–Trinajstić information content (AvgIpc) is 2.88. The van der Waals surface area contributed by atoms with Gasteiger partial charge in [-0.15, -0.1) is 0 Å². The van der Waals surface area contributed by atoms with E-state index in [-0.39, 0.29) is 5.56 Å². The minimum Gasteiger partial charge on any atom is -0.493 e. The zero-order chi connectivity index (χ0) is 24.7. The van der Waals surface area contributed by atoms with E-state index in [0.717, 1.165) is 12.8 Å². The molecule has 0 bridgehead atoms. The van der Waals surface area contributed by atoms with Crippen LogP contribution in [0.15, 0.2) is 78.9 Å². The zero-order valence-corrected chi connectivity index (χ0v) is 20.4. The maximum Gasteiger partial charge on any atom is 0.347 e. The molecule has 35 heavy (non-hydrogen) atoms. The van der Waals surface area contributed by atoms with Crippen LogP contribution in [0.3, 0.4) is 0 Å². The number of unbranched alkanes of at least 4 members (excludes halogenated alkanes) is 7. The Balaban J connectivity index is 1.64. The summed E-state index contributed by atoms with van der Waals surface area (Å²) in [5, 5.41) is 0. The standard InChI is InChI=1S/C30H34O5/c1-2-3-4-5-6-7-8-15-22-33-28-23-24(29(31)34-25-16-11-9-12-17-25)20-21-27(28)30(32)35-26-18-13-10-14-19-26/h9-14,16-21,23H,2-8,15,22H2,1H3. The van der Waals surface area contributed by atoms with Gasteiger partial charge in [-0.3, -0.25) is 0 Å². The molecule has 0 unspecified atom stereocenters. The predicted octanol–water partition coefficient (Wildman–Crippen LogP) is 7.64. The number of para-hydroxylation sites is 2. The molecule has 3 aromatic rings.